The van der Waals surface area contributed by atoms with Crippen LogP contribution in [0.3, 0.4) is 0 Å². The maximum atomic E-state index is 12.6. The molecule has 2 aromatic carbocycles. The monoisotopic (exact) mass is 364 g/mol. The Morgan fingerprint density at radius 3 is 2.77 bits per heavy atom. The van der Waals surface area contributed by atoms with E-state index in [9.17, 15) is 9.59 Å². The molecule has 1 aliphatic rings. The highest BCUT2D eigenvalue weighted by atomic mass is 32.2. The number of imide groups is 1. The summed E-state index contributed by atoms with van der Waals surface area (Å²) in [7, 11) is 0. The van der Waals surface area contributed by atoms with Gasteiger partial charge >= 0.3 is 0 Å². The normalized spacial score (nSPS) is 15.4. The maximum absolute atomic E-state index is 12.6. The van der Waals surface area contributed by atoms with E-state index >= 15 is 0 Å². The van der Waals surface area contributed by atoms with Crippen LogP contribution >= 0.6 is 11.8 Å². The molecule has 0 radical (unpaired) electrons. The second-order valence-corrected chi connectivity index (χ2v) is 6.77. The van der Waals surface area contributed by atoms with Gasteiger partial charge in [-0.25, -0.2) is 0 Å². The van der Waals surface area contributed by atoms with Crippen molar-refractivity contribution in [3.05, 3.63) is 70.1 Å². The molecule has 0 saturated carbocycles. The fourth-order valence-corrected chi connectivity index (χ4v) is 3.43. The summed E-state index contributed by atoms with van der Waals surface area (Å²) >= 11 is 0.929. The third-order valence-electron chi connectivity index (χ3n) is 3.76. The first-order chi connectivity index (χ1) is 12.6. The Morgan fingerprint density at radius 2 is 2.00 bits per heavy atom. The maximum Gasteiger partial charge on any atom is 0.293 e. The third kappa shape index (κ3) is 4.13. The van der Waals surface area contributed by atoms with Crippen LogP contribution in [0.25, 0.3) is 6.08 Å². The second kappa shape index (κ2) is 7.89. The van der Waals surface area contributed by atoms with Crippen LogP contribution in [0.2, 0.25) is 0 Å². The molecule has 1 aliphatic heterocycles. The molecule has 2 aromatic rings. The number of aryl methyl sites for hydroxylation is 1. The van der Waals surface area contributed by atoms with Crippen LogP contribution in [0.1, 0.15) is 16.7 Å². The van der Waals surface area contributed by atoms with Crippen molar-refractivity contribution < 1.29 is 14.3 Å². The van der Waals surface area contributed by atoms with Crippen molar-refractivity contribution >= 4 is 29.0 Å². The average Bonchev–Trinajstić information content (AvgIpc) is 2.88. The quantitative estimate of drug-likeness (QED) is 0.746. The smallest absolute Gasteiger partial charge is 0.293 e. The molecule has 3 rings (SSSR count). The molecular formula is C20H16N2O3S. The average molecular weight is 364 g/mol. The highest BCUT2D eigenvalue weighted by Crippen LogP contribution is 2.33. The van der Waals surface area contributed by atoms with Crippen molar-refractivity contribution in [3.63, 3.8) is 0 Å². The van der Waals surface area contributed by atoms with E-state index in [0.29, 0.717) is 10.7 Å². The van der Waals surface area contributed by atoms with E-state index < -0.39 is 0 Å². The molecule has 2 amide bonds. The lowest BCUT2D eigenvalue weighted by atomic mass is 10.1. The molecule has 5 nitrogen and oxygen atoms in total. The minimum absolute atomic E-state index is 0.0452. The van der Waals surface area contributed by atoms with Crippen molar-refractivity contribution in [2.75, 3.05) is 6.61 Å². The minimum Gasteiger partial charge on any atom is -0.479 e. The highest BCUT2D eigenvalue weighted by Gasteiger charge is 2.34. The Kier molecular flexibility index (Phi) is 5.40. The van der Waals surface area contributed by atoms with Gasteiger partial charge in [0.15, 0.2) is 6.61 Å². The van der Waals surface area contributed by atoms with E-state index in [-0.39, 0.29) is 24.3 Å². The lowest BCUT2D eigenvalue weighted by Gasteiger charge is -2.12. The van der Waals surface area contributed by atoms with Crippen molar-refractivity contribution in [1.82, 2.24) is 4.90 Å². The number of rotatable bonds is 5. The molecule has 0 unspecified atom stereocenters. The van der Waals surface area contributed by atoms with Gasteiger partial charge in [0.05, 0.1) is 11.4 Å². The largest absolute Gasteiger partial charge is 0.479 e. The number of amides is 2. The summed E-state index contributed by atoms with van der Waals surface area (Å²) in [4.78, 5) is 26.5. The molecule has 1 saturated heterocycles. The van der Waals surface area contributed by atoms with E-state index in [2.05, 4.69) is 0 Å². The standard InChI is InChI=1S/C20H16N2O3S/c1-14-4-2-6-16(10-14)13-22-19(23)18(26-20(22)24)12-15-5-3-7-17(11-15)25-9-8-21/h2-7,10-12H,9,13H2,1H3/b18-12-. The third-order valence-corrected chi connectivity index (χ3v) is 4.66. The Balaban J connectivity index is 1.78. The van der Waals surface area contributed by atoms with Gasteiger partial charge in [0.1, 0.15) is 11.8 Å². The number of benzene rings is 2. The van der Waals surface area contributed by atoms with E-state index in [0.717, 1.165) is 28.5 Å². The van der Waals surface area contributed by atoms with Gasteiger partial charge in [-0.2, -0.15) is 5.26 Å². The number of carbonyl (C=O) groups excluding carboxylic acids is 2. The van der Waals surface area contributed by atoms with E-state index in [1.54, 1.807) is 24.3 Å². The number of thioether (sulfide) groups is 1. The molecule has 0 atom stereocenters. The lowest BCUT2D eigenvalue weighted by molar-refractivity contribution is -0.123. The van der Waals surface area contributed by atoms with Gasteiger partial charge in [-0.3, -0.25) is 14.5 Å². The number of nitrogens with zero attached hydrogens (tertiary/aromatic N) is 2. The van der Waals surface area contributed by atoms with Gasteiger partial charge < -0.3 is 4.74 Å². The van der Waals surface area contributed by atoms with Gasteiger partial charge in [-0.1, -0.05) is 42.0 Å². The molecule has 1 fully saturated rings. The molecule has 0 bridgehead atoms. The summed E-state index contributed by atoms with van der Waals surface area (Å²) in [5, 5.41) is 8.30. The number of hydrogen-bond donors (Lipinski definition) is 0. The van der Waals surface area contributed by atoms with Crippen LogP contribution in [0, 0.1) is 18.3 Å². The van der Waals surface area contributed by atoms with Crippen LogP contribution in [-0.2, 0) is 11.3 Å². The number of hydrogen-bond acceptors (Lipinski definition) is 5. The molecule has 0 N–H and O–H groups in total. The first-order valence-corrected chi connectivity index (χ1v) is 8.79. The molecule has 26 heavy (non-hydrogen) atoms. The summed E-state index contributed by atoms with van der Waals surface area (Å²) in [5.41, 5.74) is 2.74. The van der Waals surface area contributed by atoms with Crippen molar-refractivity contribution in [2.24, 2.45) is 0 Å². The number of ether oxygens (including phenoxy) is 1. The van der Waals surface area contributed by atoms with E-state index in [1.165, 1.54) is 4.90 Å². The summed E-state index contributed by atoms with van der Waals surface area (Å²) in [6, 6.07) is 16.7. The van der Waals surface area contributed by atoms with Gasteiger partial charge in [0.25, 0.3) is 11.1 Å². The zero-order chi connectivity index (χ0) is 18.5. The predicted octanol–water partition coefficient (Wildman–Crippen LogP) is 4.13. The summed E-state index contributed by atoms with van der Waals surface area (Å²) in [6.45, 7) is 2.18. The molecular weight excluding hydrogens is 348 g/mol. The van der Waals surface area contributed by atoms with Crippen molar-refractivity contribution in [1.29, 1.82) is 5.26 Å². The number of carbonyl (C=O) groups is 2. The van der Waals surface area contributed by atoms with Crippen LogP contribution in [-0.4, -0.2) is 22.7 Å². The van der Waals surface area contributed by atoms with Crippen LogP contribution in [0.4, 0.5) is 4.79 Å². The summed E-state index contributed by atoms with van der Waals surface area (Å²) in [5.74, 6) is 0.240. The Hall–Kier alpha value is -3.04. The fourth-order valence-electron chi connectivity index (χ4n) is 2.59. The van der Waals surface area contributed by atoms with Gasteiger partial charge in [0.2, 0.25) is 0 Å². The Labute approximate surface area is 155 Å². The molecule has 6 heteroatoms. The summed E-state index contributed by atoms with van der Waals surface area (Å²) < 4.78 is 5.26. The van der Waals surface area contributed by atoms with Gasteiger partial charge in [-0.05, 0) is 48.0 Å². The molecule has 0 aliphatic carbocycles. The van der Waals surface area contributed by atoms with Crippen LogP contribution < -0.4 is 4.74 Å². The SMILES string of the molecule is Cc1cccc(CN2C(=O)S/C(=C\c3cccc(OCC#N)c3)C2=O)c1. The predicted molar refractivity (Wildman–Crippen MR) is 100 cm³/mol. The summed E-state index contributed by atoms with van der Waals surface area (Å²) in [6.07, 6.45) is 1.67. The topological polar surface area (TPSA) is 70.4 Å². The molecule has 1 heterocycles. The zero-order valence-electron chi connectivity index (χ0n) is 14.1. The van der Waals surface area contributed by atoms with E-state index in [4.69, 9.17) is 10.00 Å². The Bertz CT molecular complexity index is 931. The van der Waals surface area contributed by atoms with Gasteiger partial charge in [0, 0.05) is 0 Å². The van der Waals surface area contributed by atoms with Crippen LogP contribution in [0.15, 0.2) is 53.4 Å². The number of nitriles is 1. The van der Waals surface area contributed by atoms with Crippen molar-refractivity contribution in [2.45, 2.75) is 13.5 Å². The van der Waals surface area contributed by atoms with E-state index in [1.807, 2.05) is 43.3 Å². The fraction of sp³-hybridized carbons (Fsp3) is 0.150. The lowest BCUT2D eigenvalue weighted by Crippen LogP contribution is -2.27. The minimum atomic E-state index is -0.301. The second-order valence-electron chi connectivity index (χ2n) is 5.78. The zero-order valence-corrected chi connectivity index (χ0v) is 15.0. The van der Waals surface area contributed by atoms with Gasteiger partial charge in [-0.15, -0.1) is 0 Å². The first kappa shape index (κ1) is 17.8. The molecule has 0 aromatic heterocycles. The molecule has 0 spiro atoms. The van der Waals surface area contributed by atoms with Crippen molar-refractivity contribution in [3.8, 4) is 11.8 Å². The molecule has 130 valence electrons. The van der Waals surface area contributed by atoms with Crippen LogP contribution in [0.5, 0.6) is 5.75 Å². The highest BCUT2D eigenvalue weighted by molar-refractivity contribution is 8.18. The first-order valence-electron chi connectivity index (χ1n) is 7.97. The Morgan fingerprint density at radius 1 is 1.19 bits per heavy atom.